The number of halogens is 2. The predicted molar refractivity (Wildman–Crippen MR) is 78.5 cm³/mol. The summed E-state index contributed by atoms with van der Waals surface area (Å²) >= 11 is 11.0. The van der Waals surface area contributed by atoms with Crippen molar-refractivity contribution in [2.24, 2.45) is 0 Å². The summed E-state index contributed by atoms with van der Waals surface area (Å²) in [6, 6.07) is 0. The Morgan fingerprint density at radius 1 is 1.00 bits per heavy atom. The summed E-state index contributed by atoms with van der Waals surface area (Å²) in [5.74, 6) is 1.53. The molecule has 0 amide bonds. The minimum Gasteiger partial charge on any atom is -0.308 e. The van der Waals surface area contributed by atoms with Crippen LogP contribution >= 0.6 is 23.2 Å². The van der Waals surface area contributed by atoms with Gasteiger partial charge in [0.2, 0.25) is 0 Å². The molecule has 5 heteroatoms. The zero-order valence-electron chi connectivity index (χ0n) is 11.5. The molecule has 1 heterocycles. The van der Waals surface area contributed by atoms with Crippen molar-refractivity contribution in [3.8, 4) is 0 Å². The zero-order valence-corrected chi connectivity index (χ0v) is 13.0. The van der Waals surface area contributed by atoms with Crippen LogP contribution in [0.5, 0.6) is 0 Å². The summed E-state index contributed by atoms with van der Waals surface area (Å²) in [6.07, 6.45) is 1.13. The van der Waals surface area contributed by atoms with Crippen molar-refractivity contribution in [2.45, 2.75) is 6.42 Å². The molecule has 0 bridgehead atoms. The Kier molecular flexibility index (Phi) is 11.9. The van der Waals surface area contributed by atoms with Gasteiger partial charge in [-0.05, 0) is 34.1 Å². The first-order chi connectivity index (χ1) is 8.10. The molecule has 1 fully saturated rings. The third kappa shape index (κ3) is 11.3. The molecule has 1 aliphatic rings. The molecule has 0 radical (unpaired) electrons. The molecule has 0 saturated carbocycles. The van der Waals surface area contributed by atoms with Crippen LogP contribution in [-0.2, 0) is 0 Å². The number of rotatable bonds is 5. The molecule has 104 valence electrons. The topological polar surface area (TPSA) is 9.72 Å². The second kappa shape index (κ2) is 11.5. The number of alkyl halides is 2. The molecule has 0 spiro atoms. The van der Waals surface area contributed by atoms with Gasteiger partial charge in [-0.3, -0.25) is 0 Å². The van der Waals surface area contributed by atoms with Crippen LogP contribution in [-0.4, -0.2) is 86.9 Å². The van der Waals surface area contributed by atoms with Gasteiger partial charge in [-0.25, -0.2) is 0 Å². The van der Waals surface area contributed by atoms with Crippen LogP contribution < -0.4 is 0 Å². The van der Waals surface area contributed by atoms with Gasteiger partial charge in [0.05, 0.1) is 0 Å². The molecule has 17 heavy (non-hydrogen) atoms. The fourth-order valence-electron chi connectivity index (χ4n) is 1.52. The Bertz CT molecular complexity index is 157. The highest BCUT2D eigenvalue weighted by Crippen LogP contribution is 2.00. The van der Waals surface area contributed by atoms with E-state index in [1.165, 1.54) is 32.7 Å². The molecule has 1 rings (SSSR count). The molecule has 0 aromatic rings. The Balaban J connectivity index is 0.000000366. The van der Waals surface area contributed by atoms with E-state index in [1.807, 2.05) is 19.0 Å². The van der Waals surface area contributed by atoms with E-state index in [1.54, 1.807) is 0 Å². The fourth-order valence-corrected chi connectivity index (χ4v) is 1.98. The van der Waals surface area contributed by atoms with Gasteiger partial charge in [0.25, 0.3) is 0 Å². The summed E-state index contributed by atoms with van der Waals surface area (Å²) in [7, 11) is 6.18. The first-order valence-electron chi connectivity index (χ1n) is 6.27. The molecule has 0 aromatic carbocycles. The maximum Gasteiger partial charge on any atom is 0.0350 e. The molecule has 3 nitrogen and oxygen atoms in total. The lowest BCUT2D eigenvalue weighted by Gasteiger charge is -2.32. The largest absolute Gasteiger partial charge is 0.308 e. The highest BCUT2D eigenvalue weighted by Gasteiger charge is 2.12. The third-order valence-electron chi connectivity index (χ3n) is 2.74. The number of nitrogens with zero attached hydrogens (tertiary/aromatic N) is 3. The van der Waals surface area contributed by atoms with Crippen molar-refractivity contribution in [3.05, 3.63) is 0 Å². The number of piperazine rings is 1. The van der Waals surface area contributed by atoms with E-state index >= 15 is 0 Å². The molecule has 1 saturated heterocycles. The third-order valence-corrected chi connectivity index (χ3v) is 3.17. The molecule has 0 aliphatic carbocycles. The van der Waals surface area contributed by atoms with E-state index in [2.05, 4.69) is 16.8 Å². The lowest BCUT2D eigenvalue weighted by molar-refractivity contribution is 0.154. The van der Waals surface area contributed by atoms with E-state index in [0.29, 0.717) is 0 Å². The summed E-state index contributed by atoms with van der Waals surface area (Å²) in [6.45, 7) is 7.00. The van der Waals surface area contributed by atoms with Gasteiger partial charge in [0.1, 0.15) is 0 Å². The van der Waals surface area contributed by atoms with Crippen LogP contribution in [0.1, 0.15) is 6.42 Å². The van der Waals surface area contributed by atoms with Crippen LogP contribution in [0.2, 0.25) is 0 Å². The second-order valence-electron chi connectivity index (χ2n) is 4.68. The lowest BCUT2D eigenvalue weighted by atomic mass is 10.3. The van der Waals surface area contributed by atoms with Crippen LogP contribution in [0.15, 0.2) is 0 Å². The predicted octanol–water partition coefficient (Wildman–Crippen LogP) is 1.65. The minimum absolute atomic E-state index is 0.729. The second-order valence-corrected chi connectivity index (χ2v) is 5.44. The molecular formula is C12H27Cl2N3. The van der Waals surface area contributed by atoms with Crippen molar-refractivity contribution in [1.29, 1.82) is 0 Å². The van der Waals surface area contributed by atoms with Crippen molar-refractivity contribution < 1.29 is 0 Å². The first kappa shape index (κ1) is 17.5. The average Bonchev–Trinajstić information content (AvgIpc) is 2.29. The number of hydrogen-bond acceptors (Lipinski definition) is 3. The van der Waals surface area contributed by atoms with E-state index in [0.717, 1.165) is 24.7 Å². The van der Waals surface area contributed by atoms with Crippen LogP contribution in [0, 0.1) is 0 Å². The highest BCUT2D eigenvalue weighted by molar-refractivity contribution is 6.18. The lowest BCUT2D eigenvalue weighted by Crippen LogP contribution is -2.44. The molecule has 0 unspecified atom stereocenters. The molecule has 1 aliphatic heterocycles. The summed E-state index contributed by atoms with van der Waals surface area (Å²) in [4.78, 5) is 6.91. The van der Waals surface area contributed by atoms with E-state index in [-0.39, 0.29) is 0 Å². The van der Waals surface area contributed by atoms with Crippen LogP contribution in [0.4, 0.5) is 0 Å². The normalized spacial score (nSPS) is 18.0. The van der Waals surface area contributed by atoms with Gasteiger partial charge in [0.15, 0.2) is 0 Å². The Hall–Kier alpha value is 0.460. The van der Waals surface area contributed by atoms with Crippen LogP contribution in [0.3, 0.4) is 0 Å². The molecular weight excluding hydrogens is 257 g/mol. The van der Waals surface area contributed by atoms with E-state index in [9.17, 15) is 0 Å². The number of hydrogen-bond donors (Lipinski definition) is 0. The fraction of sp³-hybridized carbons (Fsp3) is 1.00. The van der Waals surface area contributed by atoms with Gasteiger partial charge in [-0.2, -0.15) is 0 Å². The quantitative estimate of drug-likeness (QED) is 0.711. The van der Waals surface area contributed by atoms with Crippen LogP contribution in [0.25, 0.3) is 0 Å². The first-order valence-corrected chi connectivity index (χ1v) is 7.34. The Morgan fingerprint density at radius 3 is 1.94 bits per heavy atom. The van der Waals surface area contributed by atoms with E-state index < -0.39 is 0 Å². The molecule has 0 N–H and O–H groups in total. The highest BCUT2D eigenvalue weighted by atomic mass is 35.5. The smallest absolute Gasteiger partial charge is 0.0350 e. The van der Waals surface area contributed by atoms with Crippen molar-refractivity contribution >= 4 is 23.2 Å². The van der Waals surface area contributed by atoms with Crippen molar-refractivity contribution in [2.75, 3.05) is 72.2 Å². The summed E-state index contributed by atoms with van der Waals surface area (Å²) in [5.41, 5.74) is 0. The maximum absolute atomic E-state index is 5.61. The maximum atomic E-state index is 5.61. The SMILES string of the molecule is CN(C)CCCl.CN1CCN(CCCCl)CC1. The van der Waals surface area contributed by atoms with Gasteiger partial charge >= 0.3 is 0 Å². The van der Waals surface area contributed by atoms with Gasteiger partial charge in [-0.1, -0.05) is 0 Å². The molecule has 0 aromatic heterocycles. The van der Waals surface area contributed by atoms with Crippen molar-refractivity contribution in [1.82, 2.24) is 14.7 Å². The minimum atomic E-state index is 0.729. The van der Waals surface area contributed by atoms with E-state index in [4.69, 9.17) is 23.2 Å². The summed E-state index contributed by atoms with van der Waals surface area (Å²) in [5, 5.41) is 0. The standard InChI is InChI=1S/C8H17ClN2.C4H10ClN/c1-10-5-7-11(8-6-10)4-2-3-9;1-6(2)4-3-5/h2-8H2,1H3;3-4H2,1-2H3. The van der Waals surface area contributed by atoms with Crippen molar-refractivity contribution in [3.63, 3.8) is 0 Å². The van der Waals surface area contributed by atoms with Gasteiger partial charge < -0.3 is 14.7 Å². The Morgan fingerprint density at radius 2 is 1.59 bits per heavy atom. The summed E-state index contributed by atoms with van der Waals surface area (Å²) < 4.78 is 0. The monoisotopic (exact) mass is 283 g/mol. The average molecular weight is 284 g/mol. The Labute approximate surface area is 117 Å². The number of likely N-dealkylation sites (N-methyl/N-ethyl adjacent to an activating group) is 1. The molecule has 0 atom stereocenters. The zero-order chi connectivity index (χ0) is 13.1. The van der Waals surface area contributed by atoms with Gasteiger partial charge in [-0.15, -0.1) is 23.2 Å². The van der Waals surface area contributed by atoms with Gasteiger partial charge in [0, 0.05) is 44.5 Å².